The predicted octanol–water partition coefficient (Wildman–Crippen LogP) is 4.18. The van der Waals surface area contributed by atoms with Gasteiger partial charge in [-0.1, -0.05) is 38.1 Å². The normalized spacial score (nSPS) is 14.8. The van der Waals surface area contributed by atoms with Gasteiger partial charge in [-0.3, -0.25) is 0 Å². The van der Waals surface area contributed by atoms with E-state index >= 15 is 0 Å². The Balaban J connectivity index is 1.92. The molecule has 0 spiro atoms. The third-order valence-electron chi connectivity index (χ3n) is 3.62. The molecule has 1 aromatic carbocycles. The van der Waals surface area contributed by atoms with Crippen LogP contribution in [0.2, 0.25) is 0 Å². The van der Waals surface area contributed by atoms with E-state index in [4.69, 9.17) is 0 Å². The van der Waals surface area contributed by atoms with Gasteiger partial charge < -0.3 is 5.32 Å². The molecule has 1 aliphatic heterocycles. The first-order chi connectivity index (χ1) is 8.74. The minimum absolute atomic E-state index is 0.611. The van der Waals surface area contributed by atoms with Crippen LogP contribution in [0.5, 0.6) is 0 Å². The summed E-state index contributed by atoms with van der Waals surface area (Å²) in [5.74, 6) is 0.611. The molecule has 0 amide bonds. The Morgan fingerprint density at radius 3 is 2.61 bits per heavy atom. The molecule has 1 aliphatic rings. The number of thiophene rings is 1. The quantitative estimate of drug-likeness (QED) is 0.851. The first-order valence-electron chi connectivity index (χ1n) is 6.66. The predicted molar refractivity (Wildman–Crippen MR) is 79.3 cm³/mol. The second-order valence-corrected chi connectivity index (χ2v) is 6.40. The molecule has 2 heterocycles. The molecule has 0 fully saturated rings. The number of hydrogen-bond donors (Lipinski definition) is 1. The van der Waals surface area contributed by atoms with E-state index in [1.54, 1.807) is 5.56 Å². The second-order valence-electron chi connectivity index (χ2n) is 5.26. The summed E-state index contributed by atoms with van der Waals surface area (Å²) in [5.41, 5.74) is 4.32. The molecule has 0 saturated heterocycles. The number of benzene rings is 1. The summed E-state index contributed by atoms with van der Waals surface area (Å²) < 4.78 is 0. The molecule has 2 heteroatoms. The monoisotopic (exact) mass is 257 g/mol. The molecule has 2 aromatic rings. The Morgan fingerprint density at radius 1 is 1.17 bits per heavy atom. The van der Waals surface area contributed by atoms with E-state index in [-0.39, 0.29) is 0 Å². The van der Waals surface area contributed by atoms with Crippen LogP contribution < -0.4 is 5.32 Å². The minimum Gasteiger partial charge on any atom is -0.312 e. The highest BCUT2D eigenvalue weighted by molar-refractivity contribution is 7.15. The molecule has 94 valence electrons. The van der Waals surface area contributed by atoms with Crippen molar-refractivity contribution in [3.05, 3.63) is 46.3 Å². The molecule has 0 atom stereocenters. The Hall–Kier alpha value is -1.12. The largest absolute Gasteiger partial charge is 0.312 e. The van der Waals surface area contributed by atoms with E-state index in [1.807, 2.05) is 11.3 Å². The van der Waals surface area contributed by atoms with Crippen LogP contribution in [0.25, 0.3) is 10.4 Å². The number of rotatable bonds is 2. The van der Waals surface area contributed by atoms with Crippen molar-refractivity contribution in [2.75, 3.05) is 6.54 Å². The van der Waals surface area contributed by atoms with Crippen molar-refractivity contribution < 1.29 is 0 Å². The Bertz CT molecular complexity index is 513. The summed E-state index contributed by atoms with van der Waals surface area (Å²) in [6.45, 7) is 6.65. The minimum atomic E-state index is 0.611. The average molecular weight is 257 g/mol. The van der Waals surface area contributed by atoms with Crippen LogP contribution in [0, 0.1) is 0 Å². The molecule has 0 bridgehead atoms. The van der Waals surface area contributed by atoms with Gasteiger partial charge in [0.05, 0.1) is 0 Å². The molecule has 1 nitrogen and oxygen atoms in total. The third kappa shape index (κ3) is 2.23. The fourth-order valence-electron chi connectivity index (χ4n) is 2.43. The second kappa shape index (κ2) is 4.87. The zero-order valence-electron chi connectivity index (χ0n) is 11.0. The lowest BCUT2D eigenvalue weighted by Crippen LogP contribution is -2.21. The van der Waals surface area contributed by atoms with Crippen molar-refractivity contribution in [1.82, 2.24) is 5.32 Å². The molecule has 18 heavy (non-hydrogen) atoms. The SMILES string of the molecule is CC(C)c1ccc(-c2cc3c(s2)CNCC3)cc1. The van der Waals surface area contributed by atoms with Gasteiger partial charge in [0.25, 0.3) is 0 Å². The van der Waals surface area contributed by atoms with Gasteiger partial charge in [-0.25, -0.2) is 0 Å². The van der Waals surface area contributed by atoms with Crippen LogP contribution in [0.15, 0.2) is 30.3 Å². The maximum Gasteiger partial charge on any atom is 0.0349 e. The van der Waals surface area contributed by atoms with Gasteiger partial charge in [-0.15, -0.1) is 11.3 Å². The van der Waals surface area contributed by atoms with Crippen LogP contribution in [0.3, 0.4) is 0 Å². The Labute approximate surface area is 113 Å². The van der Waals surface area contributed by atoms with Gasteiger partial charge in [-0.2, -0.15) is 0 Å². The van der Waals surface area contributed by atoms with E-state index in [2.05, 4.69) is 49.5 Å². The summed E-state index contributed by atoms with van der Waals surface area (Å²) >= 11 is 1.94. The van der Waals surface area contributed by atoms with Crippen molar-refractivity contribution >= 4 is 11.3 Å². The van der Waals surface area contributed by atoms with E-state index in [0.717, 1.165) is 13.1 Å². The summed E-state index contributed by atoms with van der Waals surface area (Å²) in [5, 5.41) is 3.44. The average Bonchev–Trinajstić information content (AvgIpc) is 2.82. The highest BCUT2D eigenvalue weighted by Gasteiger charge is 2.13. The van der Waals surface area contributed by atoms with E-state index in [1.165, 1.54) is 27.3 Å². The zero-order valence-corrected chi connectivity index (χ0v) is 11.8. The first kappa shape index (κ1) is 11.9. The Morgan fingerprint density at radius 2 is 1.94 bits per heavy atom. The van der Waals surface area contributed by atoms with Crippen LogP contribution in [0.1, 0.15) is 35.8 Å². The maximum absolute atomic E-state index is 3.44. The summed E-state index contributed by atoms with van der Waals surface area (Å²) in [6.07, 6.45) is 1.18. The molecule has 0 radical (unpaired) electrons. The standard InChI is InChI=1S/C16H19NS/c1-11(2)12-3-5-13(6-4-12)15-9-14-7-8-17-10-16(14)18-15/h3-6,9,11,17H,7-8,10H2,1-2H3. The smallest absolute Gasteiger partial charge is 0.0349 e. The number of hydrogen-bond acceptors (Lipinski definition) is 2. The molecular weight excluding hydrogens is 238 g/mol. The van der Waals surface area contributed by atoms with Gasteiger partial charge in [0.2, 0.25) is 0 Å². The van der Waals surface area contributed by atoms with Crippen LogP contribution in [-0.4, -0.2) is 6.54 Å². The summed E-state index contributed by atoms with van der Waals surface area (Å²) in [4.78, 5) is 2.93. The molecule has 3 rings (SSSR count). The lowest BCUT2D eigenvalue weighted by molar-refractivity contribution is 0.655. The van der Waals surface area contributed by atoms with Gasteiger partial charge in [0.1, 0.15) is 0 Å². The van der Waals surface area contributed by atoms with Gasteiger partial charge in [0, 0.05) is 16.3 Å². The summed E-state index contributed by atoms with van der Waals surface area (Å²) in [6, 6.07) is 11.4. The van der Waals surface area contributed by atoms with Crippen LogP contribution in [0.4, 0.5) is 0 Å². The molecule has 0 saturated carbocycles. The highest BCUT2D eigenvalue weighted by Crippen LogP contribution is 2.33. The van der Waals surface area contributed by atoms with Crippen molar-refractivity contribution in [2.45, 2.75) is 32.7 Å². The van der Waals surface area contributed by atoms with E-state index in [9.17, 15) is 0 Å². The van der Waals surface area contributed by atoms with Crippen molar-refractivity contribution in [3.8, 4) is 10.4 Å². The maximum atomic E-state index is 3.44. The Kier molecular flexibility index (Phi) is 3.23. The van der Waals surface area contributed by atoms with Gasteiger partial charge >= 0.3 is 0 Å². The third-order valence-corrected chi connectivity index (χ3v) is 4.84. The van der Waals surface area contributed by atoms with Crippen LogP contribution in [-0.2, 0) is 13.0 Å². The van der Waals surface area contributed by atoms with Gasteiger partial charge in [0.15, 0.2) is 0 Å². The number of nitrogens with one attached hydrogen (secondary N) is 1. The fourth-order valence-corrected chi connectivity index (χ4v) is 3.61. The zero-order chi connectivity index (χ0) is 12.5. The molecule has 1 aromatic heterocycles. The molecular formula is C16H19NS. The van der Waals surface area contributed by atoms with Gasteiger partial charge in [-0.05, 0) is 41.6 Å². The van der Waals surface area contributed by atoms with Crippen molar-refractivity contribution in [2.24, 2.45) is 0 Å². The lowest BCUT2D eigenvalue weighted by Gasteiger charge is -2.10. The molecule has 0 unspecified atom stereocenters. The number of fused-ring (bicyclic) bond motifs is 1. The summed E-state index contributed by atoms with van der Waals surface area (Å²) in [7, 11) is 0. The molecule has 1 N–H and O–H groups in total. The van der Waals surface area contributed by atoms with Crippen molar-refractivity contribution in [3.63, 3.8) is 0 Å². The lowest BCUT2D eigenvalue weighted by atomic mass is 10.0. The topological polar surface area (TPSA) is 12.0 Å². The van der Waals surface area contributed by atoms with Crippen LogP contribution >= 0.6 is 11.3 Å². The first-order valence-corrected chi connectivity index (χ1v) is 7.48. The fraction of sp³-hybridized carbons (Fsp3) is 0.375. The van der Waals surface area contributed by atoms with E-state index in [0.29, 0.717) is 5.92 Å². The highest BCUT2D eigenvalue weighted by atomic mass is 32.1. The van der Waals surface area contributed by atoms with E-state index < -0.39 is 0 Å². The molecule has 0 aliphatic carbocycles. The van der Waals surface area contributed by atoms with Crippen molar-refractivity contribution in [1.29, 1.82) is 0 Å².